The summed E-state index contributed by atoms with van der Waals surface area (Å²) >= 11 is 0. The van der Waals surface area contributed by atoms with Crippen molar-refractivity contribution in [1.82, 2.24) is 4.57 Å². The number of aliphatic hydroxyl groups is 3. The summed E-state index contributed by atoms with van der Waals surface area (Å²) in [4.78, 5) is 4.55. The molecule has 8 nitrogen and oxygen atoms in total. The molecule has 2 aliphatic heterocycles. The lowest BCUT2D eigenvalue weighted by atomic mass is 9.98. The highest BCUT2D eigenvalue weighted by molar-refractivity contribution is 6.08. The van der Waals surface area contributed by atoms with Gasteiger partial charge in [0.25, 0.3) is 0 Å². The summed E-state index contributed by atoms with van der Waals surface area (Å²) in [6.07, 6.45) is -2.26. The third kappa shape index (κ3) is 3.36. The first-order valence-electron chi connectivity index (χ1n) is 10.6. The molecule has 0 aliphatic carbocycles. The van der Waals surface area contributed by atoms with Gasteiger partial charge in [0.15, 0.2) is 0 Å². The second-order valence-corrected chi connectivity index (χ2v) is 8.17. The number of benzene rings is 2. The molecule has 0 amide bonds. The second-order valence-electron chi connectivity index (χ2n) is 8.17. The first-order valence-corrected chi connectivity index (χ1v) is 10.6. The van der Waals surface area contributed by atoms with E-state index in [0.29, 0.717) is 5.90 Å². The van der Waals surface area contributed by atoms with Gasteiger partial charge in [0.1, 0.15) is 30.1 Å². The van der Waals surface area contributed by atoms with Crippen LogP contribution in [0.15, 0.2) is 59.7 Å². The van der Waals surface area contributed by atoms with Crippen LogP contribution in [0.4, 0.5) is 0 Å². The molecule has 0 bridgehead atoms. The van der Waals surface area contributed by atoms with E-state index < -0.39 is 37.3 Å². The van der Waals surface area contributed by atoms with Crippen molar-refractivity contribution in [3.63, 3.8) is 0 Å². The zero-order valence-corrected chi connectivity index (χ0v) is 17.8. The Labute approximate surface area is 185 Å². The monoisotopic (exact) mass is 438 g/mol. The molecule has 0 radical (unpaired) electrons. The smallest absolute Gasteiger partial charge is 0.227 e. The van der Waals surface area contributed by atoms with E-state index in [1.165, 1.54) is 0 Å². The number of aliphatic hydroxyl groups excluding tert-OH is 3. The number of hydrogen-bond acceptors (Lipinski definition) is 7. The SMILES string of the molecule is COc1ccc2c(C3=N[C@@H]4C(O)[C@H](O)C(CO)O[C@@H]4O3)cn(C(C)c3ccccc3)c2c1. The fourth-order valence-corrected chi connectivity index (χ4v) is 4.45. The highest BCUT2D eigenvalue weighted by Crippen LogP contribution is 2.35. The average molecular weight is 438 g/mol. The number of hydrogen-bond donors (Lipinski definition) is 3. The maximum atomic E-state index is 10.5. The van der Waals surface area contributed by atoms with Crippen molar-refractivity contribution in [2.75, 3.05) is 13.7 Å². The van der Waals surface area contributed by atoms with Gasteiger partial charge < -0.3 is 34.1 Å². The van der Waals surface area contributed by atoms with E-state index in [0.717, 1.165) is 27.8 Å². The van der Waals surface area contributed by atoms with Crippen LogP contribution >= 0.6 is 0 Å². The summed E-state index contributed by atoms with van der Waals surface area (Å²) in [5.41, 5.74) is 2.85. The number of rotatable bonds is 5. The molecule has 1 aromatic heterocycles. The standard InChI is InChI=1S/C24H26N2O6/c1-13(14-6-4-3-5-7-14)26-11-17(16-9-8-15(30-2)10-18(16)26)23-25-20-22(29)21(28)19(12-27)31-24(20)32-23/h3-11,13,19-22,24,27-29H,12H2,1-2H3/t13?,19?,20-,21-,22?,24-/m1/s1. The normalized spacial score (nSPS) is 28.2. The molecule has 168 valence electrons. The maximum absolute atomic E-state index is 10.5. The van der Waals surface area contributed by atoms with Crippen molar-refractivity contribution in [2.45, 2.75) is 43.6 Å². The van der Waals surface area contributed by atoms with E-state index in [4.69, 9.17) is 14.2 Å². The van der Waals surface area contributed by atoms with Crippen molar-refractivity contribution in [3.8, 4) is 5.75 Å². The lowest BCUT2D eigenvalue weighted by Gasteiger charge is -2.36. The second kappa shape index (κ2) is 8.22. The van der Waals surface area contributed by atoms with Gasteiger partial charge in [-0.3, -0.25) is 0 Å². The first-order chi connectivity index (χ1) is 15.5. The van der Waals surface area contributed by atoms with Crippen molar-refractivity contribution < 1.29 is 29.5 Å². The van der Waals surface area contributed by atoms with Gasteiger partial charge in [-0.15, -0.1) is 0 Å². The highest BCUT2D eigenvalue weighted by atomic mass is 16.7. The molecular weight excluding hydrogens is 412 g/mol. The largest absolute Gasteiger partial charge is 0.497 e. The highest BCUT2D eigenvalue weighted by Gasteiger charge is 2.49. The third-order valence-corrected chi connectivity index (χ3v) is 6.31. The third-order valence-electron chi connectivity index (χ3n) is 6.31. The van der Waals surface area contributed by atoms with Crippen molar-refractivity contribution >= 4 is 16.8 Å². The fourth-order valence-electron chi connectivity index (χ4n) is 4.45. The van der Waals surface area contributed by atoms with Crippen molar-refractivity contribution in [3.05, 3.63) is 65.9 Å². The van der Waals surface area contributed by atoms with Gasteiger partial charge in [0.05, 0.1) is 30.8 Å². The first kappa shape index (κ1) is 21.0. The molecule has 3 heterocycles. The van der Waals surface area contributed by atoms with E-state index >= 15 is 0 Å². The minimum absolute atomic E-state index is 0.0336. The molecule has 0 saturated carbocycles. The molecule has 3 aromatic rings. The summed E-state index contributed by atoms with van der Waals surface area (Å²) in [5.74, 6) is 1.07. The molecule has 3 unspecified atom stereocenters. The molecule has 5 rings (SSSR count). The molecule has 8 heteroatoms. The lowest BCUT2D eigenvalue weighted by molar-refractivity contribution is -0.234. The van der Waals surface area contributed by atoms with Crippen LogP contribution in [-0.4, -0.2) is 70.1 Å². The van der Waals surface area contributed by atoms with Crippen LogP contribution in [0.5, 0.6) is 5.75 Å². The Bertz CT molecular complexity index is 1140. The summed E-state index contributed by atoms with van der Waals surface area (Å²) in [6, 6.07) is 15.2. The molecule has 1 fully saturated rings. The van der Waals surface area contributed by atoms with E-state index in [1.807, 2.05) is 42.6 Å². The van der Waals surface area contributed by atoms with Gasteiger partial charge in [0.2, 0.25) is 12.2 Å². The number of aromatic nitrogens is 1. The lowest BCUT2D eigenvalue weighted by Crippen LogP contribution is -2.56. The Morgan fingerprint density at radius 1 is 1.12 bits per heavy atom. The number of nitrogens with zero attached hydrogens (tertiary/aromatic N) is 2. The van der Waals surface area contributed by atoms with E-state index in [-0.39, 0.29) is 6.04 Å². The number of fused-ring (bicyclic) bond motifs is 2. The van der Waals surface area contributed by atoms with Gasteiger partial charge in [-0.1, -0.05) is 30.3 Å². The van der Waals surface area contributed by atoms with Gasteiger partial charge >= 0.3 is 0 Å². The molecule has 6 atom stereocenters. The molecular formula is C24H26N2O6. The Morgan fingerprint density at radius 3 is 2.62 bits per heavy atom. The summed E-state index contributed by atoms with van der Waals surface area (Å²) < 4.78 is 19.2. The van der Waals surface area contributed by atoms with Gasteiger partial charge in [-0.2, -0.15) is 0 Å². The van der Waals surface area contributed by atoms with Crippen LogP contribution in [0, 0.1) is 0 Å². The van der Waals surface area contributed by atoms with Gasteiger partial charge in [-0.25, -0.2) is 4.99 Å². The molecule has 0 spiro atoms. The topological polar surface area (TPSA) is 106 Å². The zero-order chi connectivity index (χ0) is 22.4. The minimum atomic E-state index is -1.24. The van der Waals surface area contributed by atoms with Gasteiger partial charge in [0, 0.05) is 17.6 Å². The van der Waals surface area contributed by atoms with E-state index in [2.05, 4.69) is 28.6 Å². The van der Waals surface area contributed by atoms with E-state index in [9.17, 15) is 15.3 Å². The summed E-state index contributed by atoms with van der Waals surface area (Å²) in [6.45, 7) is 1.69. The predicted molar refractivity (Wildman–Crippen MR) is 118 cm³/mol. The Kier molecular flexibility index (Phi) is 5.38. The molecule has 2 aromatic carbocycles. The Hall–Kier alpha value is -2.91. The molecule has 32 heavy (non-hydrogen) atoms. The molecule has 2 aliphatic rings. The van der Waals surface area contributed by atoms with Crippen LogP contribution in [0.25, 0.3) is 10.9 Å². The maximum Gasteiger partial charge on any atom is 0.227 e. The Balaban J connectivity index is 1.58. The van der Waals surface area contributed by atoms with Crippen LogP contribution in [0.1, 0.15) is 24.1 Å². The quantitative estimate of drug-likeness (QED) is 0.562. The zero-order valence-electron chi connectivity index (χ0n) is 17.8. The van der Waals surface area contributed by atoms with Crippen molar-refractivity contribution in [1.29, 1.82) is 0 Å². The fraction of sp³-hybridized carbons (Fsp3) is 0.375. The summed E-state index contributed by atoms with van der Waals surface area (Å²) in [7, 11) is 1.63. The van der Waals surface area contributed by atoms with Crippen molar-refractivity contribution in [2.24, 2.45) is 4.99 Å². The number of aliphatic imine (C=N–C) groups is 1. The van der Waals surface area contributed by atoms with Crippen LogP contribution in [-0.2, 0) is 9.47 Å². The minimum Gasteiger partial charge on any atom is -0.497 e. The Morgan fingerprint density at radius 2 is 1.91 bits per heavy atom. The van der Waals surface area contributed by atoms with Crippen LogP contribution < -0.4 is 4.74 Å². The number of methoxy groups -OCH3 is 1. The predicted octanol–water partition coefficient (Wildman–Crippen LogP) is 1.84. The van der Waals surface area contributed by atoms with Crippen LogP contribution in [0.3, 0.4) is 0 Å². The van der Waals surface area contributed by atoms with E-state index in [1.54, 1.807) is 7.11 Å². The average Bonchev–Trinajstić information content (AvgIpc) is 3.42. The summed E-state index contributed by atoms with van der Waals surface area (Å²) in [5, 5.41) is 31.0. The van der Waals surface area contributed by atoms with Gasteiger partial charge in [-0.05, 0) is 24.6 Å². The number of ether oxygens (including phenoxy) is 3. The molecule has 1 saturated heterocycles. The molecule has 3 N–H and O–H groups in total. The van der Waals surface area contributed by atoms with Crippen LogP contribution in [0.2, 0.25) is 0 Å².